The van der Waals surface area contributed by atoms with E-state index in [2.05, 4.69) is 15.9 Å². The van der Waals surface area contributed by atoms with Crippen LogP contribution in [0, 0.1) is 13.8 Å². The zero-order valence-electron chi connectivity index (χ0n) is 20.2. The first-order chi connectivity index (χ1) is 17.2. The number of aliphatic hydroxyl groups excluding tert-OH is 1. The predicted octanol–water partition coefficient (Wildman–Crippen LogP) is 5.80. The zero-order chi connectivity index (χ0) is 26.0. The van der Waals surface area contributed by atoms with Crippen molar-refractivity contribution in [2.24, 2.45) is 0 Å². The largest absolute Gasteiger partial charge is 0.507 e. The number of carbonyl (C=O) groups is 3. The van der Waals surface area contributed by atoms with E-state index in [1.165, 1.54) is 4.90 Å². The fourth-order valence-corrected chi connectivity index (χ4v) is 4.60. The van der Waals surface area contributed by atoms with Crippen LogP contribution in [-0.4, -0.2) is 29.4 Å². The molecular formula is C29H26BrNO5. The van der Waals surface area contributed by atoms with Gasteiger partial charge in [-0.15, -0.1) is 0 Å². The Morgan fingerprint density at radius 1 is 1.03 bits per heavy atom. The molecule has 0 radical (unpaired) electrons. The van der Waals surface area contributed by atoms with E-state index in [1.54, 1.807) is 49.4 Å². The van der Waals surface area contributed by atoms with Crippen LogP contribution in [0.5, 0.6) is 0 Å². The normalized spacial score (nSPS) is 16.9. The maximum absolute atomic E-state index is 13.3. The highest BCUT2D eigenvalue weighted by Gasteiger charge is 2.47. The standard InChI is InChI=1S/C29H26BrNO5/c1-4-36-24(32)16-19-8-11-22(12-9-19)31-26(20-7-5-6-17(2)14-20)25(28(34)29(31)35)27(33)21-10-13-23(30)18(3)15-21/h5-15,26,33H,4,16H2,1-3H3/b27-25-. The van der Waals surface area contributed by atoms with Crippen molar-refractivity contribution in [2.75, 3.05) is 11.5 Å². The number of anilines is 1. The van der Waals surface area contributed by atoms with Gasteiger partial charge in [0.25, 0.3) is 11.7 Å². The SMILES string of the molecule is CCOC(=O)Cc1ccc(N2C(=O)C(=O)/C(=C(\O)c3ccc(Br)c(C)c3)C2c2cccc(C)c2)cc1. The topological polar surface area (TPSA) is 83.9 Å². The molecule has 0 spiro atoms. The third kappa shape index (κ3) is 4.97. The molecule has 1 atom stereocenters. The molecule has 6 nitrogen and oxygen atoms in total. The van der Waals surface area contributed by atoms with E-state index in [0.717, 1.165) is 21.2 Å². The van der Waals surface area contributed by atoms with E-state index >= 15 is 0 Å². The Morgan fingerprint density at radius 2 is 1.75 bits per heavy atom. The van der Waals surface area contributed by atoms with Gasteiger partial charge in [-0.25, -0.2) is 0 Å². The summed E-state index contributed by atoms with van der Waals surface area (Å²) < 4.78 is 5.88. The van der Waals surface area contributed by atoms with Crippen LogP contribution in [0.25, 0.3) is 5.76 Å². The Bertz CT molecular complexity index is 1380. The second-order valence-electron chi connectivity index (χ2n) is 8.70. The Morgan fingerprint density at radius 3 is 2.39 bits per heavy atom. The summed E-state index contributed by atoms with van der Waals surface area (Å²) in [5.41, 5.74) is 4.26. The smallest absolute Gasteiger partial charge is 0.310 e. The van der Waals surface area contributed by atoms with Gasteiger partial charge in [0.15, 0.2) is 0 Å². The fraction of sp³-hybridized carbons (Fsp3) is 0.207. The summed E-state index contributed by atoms with van der Waals surface area (Å²) in [7, 11) is 0. The molecule has 36 heavy (non-hydrogen) atoms. The summed E-state index contributed by atoms with van der Waals surface area (Å²) in [5.74, 6) is -2.04. The quantitative estimate of drug-likeness (QED) is 0.182. The minimum absolute atomic E-state index is 0.0305. The molecule has 0 saturated carbocycles. The Kier molecular flexibility index (Phi) is 7.40. The van der Waals surface area contributed by atoms with E-state index < -0.39 is 17.7 Å². The van der Waals surface area contributed by atoms with Crippen LogP contribution in [0.1, 0.15) is 40.8 Å². The summed E-state index contributed by atoms with van der Waals surface area (Å²) in [6.45, 7) is 5.86. The van der Waals surface area contributed by atoms with Crippen molar-refractivity contribution in [2.45, 2.75) is 33.2 Å². The van der Waals surface area contributed by atoms with Gasteiger partial charge >= 0.3 is 5.97 Å². The van der Waals surface area contributed by atoms with Crippen molar-refractivity contribution >= 4 is 45.0 Å². The molecule has 0 aliphatic carbocycles. The number of Topliss-reactive ketones (excluding diaryl/α,β-unsaturated/α-hetero) is 1. The monoisotopic (exact) mass is 547 g/mol. The zero-order valence-corrected chi connectivity index (χ0v) is 21.8. The van der Waals surface area contributed by atoms with Gasteiger partial charge < -0.3 is 9.84 Å². The number of halogens is 1. The Hall–Kier alpha value is -3.71. The van der Waals surface area contributed by atoms with E-state index in [9.17, 15) is 19.5 Å². The van der Waals surface area contributed by atoms with Crippen molar-refractivity contribution in [3.05, 3.63) is 105 Å². The van der Waals surface area contributed by atoms with Crippen molar-refractivity contribution in [1.29, 1.82) is 0 Å². The lowest BCUT2D eigenvalue weighted by Crippen LogP contribution is -2.29. The van der Waals surface area contributed by atoms with Gasteiger partial charge in [0.1, 0.15) is 5.76 Å². The molecule has 1 unspecified atom stereocenters. The number of ketones is 1. The van der Waals surface area contributed by atoms with Crippen LogP contribution in [-0.2, 0) is 25.5 Å². The van der Waals surface area contributed by atoms with Crippen LogP contribution in [0.2, 0.25) is 0 Å². The molecule has 184 valence electrons. The van der Waals surface area contributed by atoms with Crippen molar-refractivity contribution < 1.29 is 24.2 Å². The first-order valence-electron chi connectivity index (χ1n) is 11.6. The number of esters is 1. The Labute approximate surface area is 218 Å². The molecular weight excluding hydrogens is 522 g/mol. The molecule has 0 bridgehead atoms. The number of rotatable bonds is 6. The third-order valence-electron chi connectivity index (χ3n) is 6.10. The number of aryl methyl sites for hydroxylation is 2. The van der Waals surface area contributed by atoms with Crippen molar-refractivity contribution in [3.8, 4) is 0 Å². The van der Waals surface area contributed by atoms with Gasteiger partial charge in [-0.1, -0.05) is 64.0 Å². The molecule has 1 amide bonds. The maximum Gasteiger partial charge on any atom is 0.310 e. The lowest BCUT2D eigenvalue weighted by atomic mass is 9.94. The molecule has 0 aromatic heterocycles. The van der Waals surface area contributed by atoms with Crippen LogP contribution >= 0.6 is 15.9 Å². The molecule has 3 aromatic rings. The molecule has 1 heterocycles. The first-order valence-corrected chi connectivity index (χ1v) is 12.4. The van der Waals surface area contributed by atoms with Crippen LogP contribution in [0.4, 0.5) is 5.69 Å². The average Bonchev–Trinajstić information content (AvgIpc) is 3.11. The number of amides is 1. The molecule has 3 aromatic carbocycles. The van der Waals surface area contributed by atoms with Gasteiger partial charge in [-0.05, 0) is 61.7 Å². The lowest BCUT2D eigenvalue weighted by Gasteiger charge is -2.26. The number of carbonyl (C=O) groups excluding carboxylic acids is 3. The summed E-state index contributed by atoms with van der Waals surface area (Å²) in [5, 5.41) is 11.3. The highest BCUT2D eigenvalue weighted by Crippen LogP contribution is 2.42. The van der Waals surface area contributed by atoms with Crippen molar-refractivity contribution in [3.63, 3.8) is 0 Å². The molecule has 1 N–H and O–H groups in total. The number of hydrogen-bond acceptors (Lipinski definition) is 5. The van der Waals surface area contributed by atoms with Crippen LogP contribution in [0.3, 0.4) is 0 Å². The van der Waals surface area contributed by atoms with Crippen molar-refractivity contribution in [1.82, 2.24) is 0 Å². The Balaban J connectivity index is 1.83. The average molecular weight is 548 g/mol. The minimum Gasteiger partial charge on any atom is -0.507 e. The van der Waals surface area contributed by atoms with Gasteiger partial charge in [0.05, 0.1) is 24.6 Å². The summed E-state index contributed by atoms with van der Waals surface area (Å²) in [6.07, 6.45) is 0.108. The summed E-state index contributed by atoms with van der Waals surface area (Å²) >= 11 is 3.45. The number of nitrogens with zero attached hydrogens (tertiary/aromatic N) is 1. The third-order valence-corrected chi connectivity index (χ3v) is 6.99. The van der Waals surface area contributed by atoms with Gasteiger partial charge in [-0.2, -0.15) is 0 Å². The van der Waals surface area contributed by atoms with E-state index in [4.69, 9.17) is 4.74 Å². The van der Waals surface area contributed by atoms with Gasteiger partial charge in [-0.3, -0.25) is 19.3 Å². The number of hydrogen-bond donors (Lipinski definition) is 1. The molecule has 1 fully saturated rings. The van der Waals surface area contributed by atoms with Gasteiger partial charge in [0, 0.05) is 15.7 Å². The predicted molar refractivity (Wildman–Crippen MR) is 142 cm³/mol. The van der Waals surface area contributed by atoms with Crippen LogP contribution < -0.4 is 4.90 Å². The van der Waals surface area contributed by atoms with Crippen LogP contribution in [0.15, 0.2) is 76.8 Å². The maximum atomic E-state index is 13.3. The summed E-state index contributed by atoms with van der Waals surface area (Å²) in [6, 6.07) is 18.8. The summed E-state index contributed by atoms with van der Waals surface area (Å²) in [4.78, 5) is 39.9. The number of ether oxygens (including phenoxy) is 1. The van der Waals surface area contributed by atoms with E-state index in [-0.39, 0.29) is 23.7 Å². The molecule has 1 aliphatic heterocycles. The number of benzene rings is 3. The second kappa shape index (κ2) is 10.5. The molecule has 1 saturated heterocycles. The van der Waals surface area contributed by atoms with E-state index in [0.29, 0.717) is 23.4 Å². The number of aliphatic hydroxyl groups is 1. The van der Waals surface area contributed by atoms with E-state index in [1.807, 2.05) is 38.1 Å². The molecule has 7 heteroatoms. The molecule has 4 rings (SSSR count). The second-order valence-corrected chi connectivity index (χ2v) is 9.55. The minimum atomic E-state index is -0.815. The highest BCUT2D eigenvalue weighted by atomic mass is 79.9. The fourth-order valence-electron chi connectivity index (χ4n) is 4.36. The first kappa shape index (κ1) is 25.4. The molecule has 1 aliphatic rings. The lowest BCUT2D eigenvalue weighted by molar-refractivity contribution is -0.142. The van der Waals surface area contributed by atoms with Gasteiger partial charge in [0.2, 0.25) is 0 Å². The highest BCUT2D eigenvalue weighted by molar-refractivity contribution is 9.10.